The van der Waals surface area contributed by atoms with Crippen molar-refractivity contribution in [3.05, 3.63) is 66.1 Å². The van der Waals surface area contributed by atoms with E-state index in [1.54, 1.807) is 4.31 Å². The first-order valence-electron chi connectivity index (χ1n) is 8.69. The molecular formula is C19H21N3O3S. The third kappa shape index (κ3) is 3.80. The monoisotopic (exact) mass is 371 g/mol. The lowest BCUT2D eigenvalue weighted by Gasteiger charge is -2.33. The van der Waals surface area contributed by atoms with Crippen molar-refractivity contribution in [3.8, 4) is 0 Å². The second-order valence-electron chi connectivity index (χ2n) is 6.49. The van der Waals surface area contributed by atoms with E-state index >= 15 is 0 Å². The van der Waals surface area contributed by atoms with Crippen molar-refractivity contribution < 1.29 is 12.8 Å². The maximum Gasteiger partial charge on any atom is 0.218 e. The number of para-hydroxylation sites is 2. The Morgan fingerprint density at radius 1 is 0.923 bits per heavy atom. The van der Waals surface area contributed by atoms with Crippen LogP contribution in [-0.2, 0) is 22.3 Å². The molecule has 136 valence electrons. The number of piperazine rings is 1. The molecule has 1 aliphatic rings. The van der Waals surface area contributed by atoms with Crippen LogP contribution in [0, 0.1) is 0 Å². The highest BCUT2D eigenvalue weighted by Crippen LogP contribution is 2.18. The molecular weight excluding hydrogens is 350 g/mol. The molecule has 0 unspecified atom stereocenters. The van der Waals surface area contributed by atoms with Crippen molar-refractivity contribution in [1.82, 2.24) is 14.2 Å². The van der Waals surface area contributed by atoms with Gasteiger partial charge in [0.05, 0.1) is 12.3 Å². The van der Waals surface area contributed by atoms with E-state index in [4.69, 9.17) is 4.42 Å². The molecule has 3 aromatic rings. The molecule has 1 saturated heterocycles. The molecule has 7 heteroatoms. The number of sulfonamides is 1. The maximum absolute atomic E-state index is 12.6. The SMILES string of the molecule is O=S(=O)(Cc1ccccc1)N1CCN(Cc2nc3ccccc3o2)CC1. The fraction of sp³-hybridized carbons (Fsp3) is 0.316. The summed E-state index contributed by atoms with van der Waals surface area (Å²) in [5.41, 5.74) is 2.46. The van der Waals surface area contributed by atoms with Gasteiger partial charge in [0.1, 0.15) is 5.52 Å². The van der Waals surface area contributed by atoms with E-state index in [9.17, 15) is 8.42 Å². The number of fused-ring (bicyclic) bond motifs is 1. The van der Waals surface area contributed by atoms with E-state index in [0.717, 1.165) is 16.7 Å². The lowest BCUT2D eigenvalue weighted by atomic mass is 10.2. The van der Waals surface area contributed by atoms with Gasteiger partial charge < -0.3 is 4.42 Å². The number of oxazole rings is 1. The number of rotatable bonds is 5. The second-order valence-corrected chi connectivity index (χ2v) is 8.46. The van der Waals surface area contributed by atoms with Crippen molar-refractivity contribution in [1.29, 1.82) is 0 Å². The molecule has 2 aromatic carbocycles. The molecule has 0 amide bonds. The summed E-state index contributed by atoms with van der Waals surface area (Å²) in [5, 5.41) is 0. The molecule has 0 atom stereocenters. The van der Waals surface area contributed by atoms with Crippen LogP contribution >= 0.6 is 0 Å². The summed E-state index contributed by atoms with van der Waals surface area (Å²) in [5.74, 6) is 0.727. The van der Waals surface area contributed by atoms with Gasteiger partial charge in [-0.1, -0.05) is 42.5 Å². The molecule has 0 saturated carbocycles. The van der Waals surface area contributed by atoms with E-state index in [-0.39, 0.29) is 5.75 Å². The number of benzene rings is 2. The molecule has 0 N–H and O–H groups in total. The van der Waals surface area contributed by atoms with Crippen molar-refractivity contribution in [2.45, 2.75) is 12.3 Å². The zero-order chi connectivity index (χ0) is 18.0. The Kier molecular flexibility index (Phi) is 4.76. The Morgan fingerprint density at radius 3 is 2.35 bits per heavy atom. The second kappa shape index (κ2) is 7.19. The molecule has 0 spiro atoms. The van der Waals surface area contributed by atoms with Gasteiger partial charge in [-0.3, -0.25) is 4.90 Å². The van der Waals surface area contributed by atoms with Gasteiger partial charge in [0.15, 0.2) is 5.58 Å². The summed E-state index contributed by atoms with van der Waals surface area (Å²) in [4.78, 5) is 6.67. The zero-order valence-electron chi connectivity index (χ0n) is 14.4. The molecule has 1 fully saturated rings. The Hall–Kier alpha value is -2.22. The summed E-state index contributed by atoms with van der Waals surface area (Å²) < 4.78 is 32.6. The van der Waals surface area contributed by atoms with Crippen molar-refractivity contribution in [2.24, 2.45) is 0 Å². The Morgan fingerprint density at radius 2 is 1.62 bits per heavy atom. The van der Waals surface area contributed by atoms with Crippen LogP contribution in [0.3, 0.4) is 0 Å². The number of hydrogen-bond donors (Lipinski definition) is 0. The van der Waals surface area contributed by atoms with Crippen LogP contribution in [-0.4, -0.2) is 48.8 Å². The minimum Gasteiger partial charge on any atom is -0.439 e. The molecule has 26 heavy (non-hydrogen) atoms. The predicted octanol–water partition coefficient (Wildman–Crippen LogP) is 2.48. The first-order chi connectivity index (χ1) is 12.6. The predicted molar refractivity (Wildman–Crippen MR) is 99.9 cm³/mol. The summed E-state index contributed by atoms with van der Waals surface area (Å²) in [7, 11) is -3.29. The van der Waals surface area contributed by atoms with E-state index in [2.05, 4.69) is 9.88 Å². The topological polar surface area (TPSA) is 66.7 Å². The highest BCUT2D eigenvalue weighted by atomic mass is 32.2. The molecule has 4 rings (SSSR count). The van der Waals surface area contributed by atoms with Crippen LogP contribution in [0.2, 0.25) is 0 Å². The van der Waals surface area contributed by atoms with Crippen LogP contribution in [0.5, 0.6) is 0 Å². The molecule has 6 nitrogen and oxygen atoms in total. The normalized spacial score (nSPS) is 16.9. The molecule has 1 aromatic heterocycles. The molecule has 1 aliphatic heterocycles. The molecule has 0 radical (unpaired) electrons. The van der Waals surface area contributed by atoms with Gasteiger partial charge in [-0.05, 0) is 17.7 Å². The molecule has 0 bridgehead atoms. The number of aromatic nitrogens is 1. The number of hydrogen-bond acceptors (Lipinski definition) is 5. The third-order valence-corrected chi connectivity index (χ3v) is 6.46. The first-order valence-corrected chi connectivity index (χ1v) is 10.3. The van der Waals surface area contributed by atoms with Crippen LogP contribution in [0.1, 0.15) is 11.5 Å². The fourth-order valence-corrected chi connectivity index (χ4v) is 4.74. The Labute approximate surface area is 153 Å². The van der Waals surface area contributed by atoms with Gasteiger partial charge in [-0.25, -0.2) is 13.4 Å². The summed E-state index contributed by atoms with van der Waals surface area (Å²) in [6, 6.07) is 17.0. The van der Waals surface area contributed by atoms with Gasteiger partial charge in [-0.15, -0.1) is 0 Å². The highest BCUT2D eigenvalue weighted by Gasteiger charge is 2.27. The Bertz CT molecular complexity index is 944. The molecule has 2 heterocycles. The average Bonchev–Trinajstić information content (AvgIpc) is 3.05. The smallest absolute Gasteiger partial charge is 0.218 e. The van der Waals surface area contributed by atoms with Gasteiger partial charge in [0.2, 0.25) is 15.9 Å². The lowest BCUT2D eigenvalue weighted by molar-refractivity contribution is 0.169. The van der Waals surface area contributed by atoms with Crippen LogP contribution in [0.4, 0.5) is 0 Å². The minimum absolute atomic E-state index is 0.0545. The van der Waals surface area contributed by atoms with Crippen LogP contribution < -0.4 is 0 Å². The van der Waals surface area contributed by atoms with Gasteiger partial charge in [-0.2, -0.15) is 4.31 Å². The van der Waals surface area contributed by atoms with E-state index in [1.807, 2.05) is 54.6 Å². The van der Waals surface area contributed by atoms with E-state index < -0.39 is 10.0 Å². The zero-order valence-corrected chi connectivity index (χ0v) is 15.2. The van der Waals surface area contributed by atoms with Gasteiger partial charge in [0.25, 0.3) is 0 Å². The Balaban J connectivity index is 1.36. The average molecular weight is 371 g/mol. The lowest BCUT2D eigenvalue weighted by Crippen LogP contribution is -2.48. The number of nitrogens with zero attached hydrogens (tertiary/aromatic N) is 3. The van der Waals surface area contributed by atoms with Crippen LogP contribution in [0.25, 0.3) is 11.1 Å². The summed E-state index contributed by atoms with van der Waals surface area (Å²) in [6.45, 7) is 2.94. The van der Waals surface area contributed by atoms with Crippen molar-refractivity contribution >= 4 is 21.1 Å². The summed E-state index contributed by atoms with van der Waals surface area (Å²) in [6.07, 6.45) is 0. The third-order valence-electron chi connectivity index (χ3n) is 4.61. The standard InChI is InChI=1S/C19H21N3O3S/c23-26(24,15-16-6-2-1-3-7-16)22-12-10-21(11-13-22)14-19-20-17-8-4-5-9-18(17)25-19/h1-9H,10-15H2. The van der Waals surface area contributed by atoms with Crippen molar-refractivity contribution in [3.63, 3.8) is 0 Å². The van der Waals surface area contributed by atoms with E-state index in [1.165, 1.54) is 0 Å². The van der Waals surface area contributed by atoms with Crippen LogP contribution in [0.15, 0.2) is 59.0 Å². The highest BCUT2D eigenvalue weighted by molar-refractivity contribution is 7.88. The summed E-state index contributed by atoms with van der Waals surface area (Å²) >= 11 is 0. The maximum atomic E-state index is 12.6. The van der Waals surface area contributed by atoms with Crippen molar-refractivity contribution in [2.75, 3.05) is 26.2 Å². The fourth-order valence-electron chi connectivity index (χ4n) is 3.22. The van der Waals surface area contributed by atoms with Gasteiger partial charge >= 0.3 is 0 Å². The quantitative estimate of drug-likeness (QED) is 0.689. The largest absolute Gasteiger partial charge is 0.439 e. The minimum atomic E-state index is -3.29. The molecule has 0 aliphatic carbocycles. The first kappa shape index (κ1) is 17.2. The van der Waals surface area contributed by atoms with E-state index in [0.29, 0.717) is 38.6 Å². The van der Waals surface area contributed by atoms with Gasteiger partial charge in [0, 0.05) is 26.2 Å².